The normalized spacial score (nSPS) is 22.0. The Morgan fingerprint density at radius 2 is 1.92 bits per heavy atom. The Morgan fingerprint density at radius 1 is 1.29 bits per heavy atom. The van der Waals surface area contributed by atoms with Crippen molar-refractivity contribution in [2.24, 2.45) is 0 Å². The molecule has 1 aromatic rings. The van der Waals surface area contributed by atoms with E-state index in [1.54, 1.807) is 19.1 Å². The third-order valence-electron chi connectivity index (χ3n) is 3.65. The number of ether oxygens (including phenoxy) is 1. The monoisotopic (exact) mass is 357 g/mol. The number of nitrogens with one attached hydrogen (secondary N) is 2. The number of hydrogen-bond acceptors (Lipinski definition) is 7. The van der Waals surface area contributed by atoms with Crippen molar-refractivity contribution in [1.29, 1.82) is 0 Å². The van der Waals surface area contributed by atoms with Crippen LogP contribution in [0.1, 0.15) is 12.5 Å². The van der Waals surface area contributed by atoms with Gasteiger partial charge in [-0.05, 0) is 12.5 Å². The number of rotatable bonds is 6. The maximum Gasteiger partial charge on any atom is 0.407 e. The SMILES string of the molecule is CCOC(=O)N[C@@H]1CS(=O)(=O)C[C@H]1NCc1ccc([N+](=O)[O-])cc1. The molecule has 0 saturated carbocycles. The lowest BCUT2D eigenvalue weighted by atomic mass is 10.1. The third kappa shape index (κ3) is 4.90. The van der Waals surface area contributed by atoms with Crippen LogP contribution in [0.3, 0.4) is 0 Å². The van der Waals surface area contributed by atoms with Gasteiger partial charge in [-0.25, -0.2) is 13.2 Å². The van der Waals surface area contributed by atoms with E-state index in [4.69, 9.17) is 4.74 Å². The van der Waals surface area contributed by atoms with Gasteiger partial charge in [0.25, 0.3) is 5.69 Å². The van der Waals surface area contributed by atoms with Crippen molar-refractivity contribution in [3.05, 3.63) is 39.9 Å². The summed E-state index contributed by atoms with van der Waals surface area (Å²) in [6, 6.07) is 4.94. The minimum Gasteiger partial charge on any atom is -0.450 e. The molecule has 1 aromatic carbocycles. The van der Waals surface area contributed by atoms with Crippen molar-refractivity contribution in [2.75, 3.05) is 18.1 Å². The van der Waals surface area contributed by atoms with Crippen molar-refractivity contribution in [2.45, 2.75) is 25.6 Å². The van der Waals surface area contributed by atoms with E-state index in [0.717, 1.165) is 5.56 Å². The molecule has 132 valence electrons. The Hall–Kier alpha value is -2.20. The molecular formula is C14H19N3O6S. The number of carbonyl (C=O) groups excluding carboxylic acids is 1. The molecule has 24 heavy (non-hydrogen) atoms. The first kappa shape index (κ1) is 18.1. The van der Waals surface area contributed by atoms with Gasteiger partial charge in [0.1, 0.15) is 0 Å². The van der Waals surface area contributed by atoms with E-state index in [1.165, 1.54) is 12.1 Å². The van der Waals surface area contributed by atoms with Crippen LogP contribution in [0.5, 0.6) is 0 Å². The number of alkyl carbamates (subject to hydrolysis) is 1. The van der Waals surface area contributed by atoms with E-state index in [-0.39, 0.29) is 23.8 Å². The largest absolute Gasteiger partial charge is 0.450 e. The molecule has 9 nitrogen and oxygen atoms in total. The quantitative estimate of drug-likeness (QED) is 0.563. The molecule has 0 aliphatic carbocycles. The summed E-state index contributed by atoms with van der Waals surface area (Å²) in [5, 5.41) is 16.3. The molecule has 1 amide bonds. The number of sulfone groups is 1. The van der Waals surface area contributed by atoms with Gasteiger partial charge in [-0.15, -0.1) is 0 Å². The highest BCUT2D eigenvalue weighted by molar-refractivity contribution is 7.91. The van der Waals surface area contributed by atoms with Gasteiger partial charge in [-0.2, -0.15) is 0 Å². The molecule has 1 aliphatic heterocycles. The molecule has 1 saturated heterocycles. The summed E-state index contributed by atoms with van der Waals surface area (Å²) in [5.41, 5.74) is 0.767. The average Bonchev–Trinajstić information content (AvgIpc) is 2.79. The van der Waals surface area contributed by atoms with E-state index < -0.39 is 32.9 Å². The summed E-state index contributed by atoms with van der Waals surface area (Å²) in [7, 11) is -3.25. The number of nitro groups is 1. The average molecular weight is 357 g/mol. The topological polar surface area (TPSA) is 128 Å². The van der Waals surface area contributed by atoms with Crippen LogP contribution >= 0.6 is 0 Å². The molecular weight excluding hydrogens is 338 g/mol. The second-order valence-electron chi connectivity index (χ2n) is 5.46. The first-order valence-electron chi connectivity index (χ1n) is 7.41. The molecule has 1 fully saturated rings. The molecule has 0 aromatic heterocycles. The number of nitrogens with zero attached hydrogens (tertiary/aromatic N) is 1. The van der Waals surface area contributed by atoms with Gasteiger partial charge < -0.3 is 15.4 Å². The van der Waals surface area contributed by atoms with E-state index in [2.05, 4.69) is 10.6 Å². The Bertz CT molecular complexity index is 704. The Morgan fingerprint density at radius 3 is 2.50 bits per heavy atom. The molecule has 0 bridgehead atoms. The summed E-state index contributed by atoms with van der Waals surface area (Å²) < 4.78 is 28.4. The Labute approximate surface area is 139 Å². The fourth-order valence-corrected chi connectivity index (χ4v) is 4.40. The molecule has 2 N–H and O–H groups in total. The van der Waals surface area contributed by atoms with E-state index in [9.17, 15) is 23.3 Å². The van der Waals surface area contributed by atoms with Crippen molar-refractivity contribution in [1.82, 2.24) is 10.6 Å². The zero-order chi connectivity index (χ0) is 17.7. The fourth-order valence-electron chi connectivity index (χ4n) is 2.50. The highest BCUT2D eigenvalue weighted by Gasteiger charge is 2.38. The van der Waals surface area contributed by atoms with Crippen LogP contribution in [0.2, 0.25) is 0 Å². The van der Waals surface area contributed by atoms with Gasteiger partial charge in [-0.1, -0.05) is 12.1 Å². The third-order valence-corrected chi connectivity index (χ3v) is 5.38. The van der Waals surface area contributed by atoms with Crippen LogP contribution in [0.15, 0.2) is 24.3 Å². The van der Waals surface area contributed by atoms with Gasteiger partial charge >= 0.3 is 6.09 Å². The summed E-state index contributed by atoms with van der Waals surface area (Å²) >= 11 is 0. The number of benzene rings is 1. The lowest BCUT2D eigenvalue weighted by Gasteiger charge is -2.20. The van der Waals surface area contributed by atoms with Crippen LogP contribution in [0.25, 0.3) is 0 Å². The molecule has 1 aliphatic rings. The molecule has 1 heterocycles. The van der Waals surface area contributed by atoms with Gasteiger partial charge in [-0.3, -0.25) is 10.1 Å². The summed E-state index contributed by atoms with van der Waals surface area (Å²) in [5.74, 6) is -0.235. The summed E-state index contributed by atoms with van der Waals surface area (Å²) in [6.45, 7) is 2.20. The van der Waals surface area contributed by atoms with Crippen LogP contribution in [0.4, 0.5) is 10.5 Å². The van der Waals surface area contributed by atoms with Crippen molar-refractivity contribution in [3.63, 3.8) is 0 Å². The van der Waals surface area contributed by atoms with Crippen LogP contribution in [0, 0.1) is 10.1 Å². The fraction of sp³-hybridized carbons (Fsp3) is 0.500. The second-order valence-corrected chi connectivity index (χ2v) is 7.61. The van der Waals surface area contributed by atoms with Gasteiger partial charge in [0, 0.05) is 24.7 Å². The Balaban J connectivity index is 1.97. The molecule has 2 atom stereocenters. The van der Waals surface area contributed by atoms with E-state index in [0.29, 0.717) is 6.54 Å². The summed E-state index contributed by atoms with van der Waals surface area (Å²) in [6.07, 6.45) is -0.651. The van der Waals surface area contributed by atoms with Crippen LogP contribution in [-0.4, -0.2) is 49.6 Å². The number of amides is 1. The smallest absolute Gasteiger partial charge is 0.407 e. The minimum absolute atomic E-state index is 0.0101. The lowest BCUT2D eigenvalue weighted by Crippen LogP contribution is -2.49. The number of carbonyl (C=O) groups is 1. The van der Waals surface area contributed by atoms with E-state index in [1.807, 2.05) is 0 Å². The minimum atomic E-state index is -3.25. The Kier molecular flexibility index (Phi) is 5.73. The van der Waals surface area contributed by atoms with Gasteiger partial charge in [0.05, 0.1) is 29.1 Å². The van der Waals surface area contributed by atoms with E-state index >= 15 is 0 Å². The van der Waals surface area contributed by atoms with Crippen LogP contribution < -0.4 is 10.6 Å². The number of hydrogen-bond donors (Lipinski definition) is 2. The number of non-ortho nitro benzene ring substituents is 1. The number of nitro benzene ring substituents is 1. The highest BCUT2D eigenvalue weighted by Crippen LogP contribution is 2.15. The van der Waals surface area contributed by atoms with Gasteiger partial charge in [0.2, 0.25) is 0 Å². The second kappa shape index (κ2) is 7.58. The maximum absolute atomic E-state index is 11.8. The molecule has 0 unspecified atom stereocenters. The molecule has 2 rings (SSSR count). The van der Waals surface area contributed by atoms with Gasteiger partial charge in [0.15, 0.2) is 9.84 Å². The predicted molar refractivity (Wildman–Crippen MR) is 86.3 cm³/mol. The molecule has 0 radical (unpaired) electrons. The van der Waals surface area contributed by atoms with Crippen LogP contribution in [-0.2, 0) is 21.1 Å². The lowest BCUT2D eigenvalue weighted by molar-refractivity contribution is -0.384. The molecule has 0 spiro atoms. The zero-order valence-corrected chi connectivity index (χ0v) is 13.9. The van der Waals surface area contributed by atoms with Crippen molar-refractivity contribution >= 4 is 21.6 Å². The molecule has 10 heteroatoms. The summed E-state index contributed by atoms with van der Waals surface area (Å²) in [4.78, 5) is 21.6. The van der Waals surface area contributed by atoms with Crippen molar-refractivity contribution < 1.29 is 22.9 Å². The maximum atomic E-state index is 11.8. The first-order chi connectivity index (χ1) is 11.3. The standard InChI is InChI=1S/C14H19N3O6S/c1-2-23-14(18)16-13-9-24(21,22)8-12(13)15-7-10-3-5-11(6-4-10)17(19)20/h3-6,12-13,15H,2,7-9H2,1H3,(H,16,18)/t12-,13-/m1/s1. The predicted octanol–water partition coefficient (Wildman–Crippen LogP) is 0.596. The highest BCUT2D eigenvalue weighted by atomic mass is 32.2. The van der Waals surface area contributed by atoms with Crippen molar-refractivity contribution in [3.8, 4) is 0 Å². The first-order valence-corrected chi connectivity index (χ1v) is 9.23. The zero-order valence-electron chi connectivity index (χ0n) is 13.1.